The number of nitrogens with two attached hydrogens (primary N) is 1. The number of hydrogen-bond acceptors (Lipinski definition) is 3. The summed E-state index contributed by atoms with van der Waals surface area (Å²) in [5.41, 5.74) is 7.67. The Bertz CT molecular complexity index is 638. The molecule has 2 rings (SSSR count). The summed E-state index contributed by atoms with van der Waals surface area (Å²) in [5.74, 6) is 0.401. The highest BCUT2D eigenvalue weighted by atomic mass is 19.1. The van der Waals surface area contributed by atoms with Gasteiger partial charge in [-0.15, -0.1) is 0 Å². The van der Waals surface area contributed by atoms with Crippen molar-refractivity contribution in [2.24, 2.45) is 5.73 Å². The van der Waals surface area contributed by atoms with E-state index in [1.165, 1.54) is 6.07 Å². The van der Waals surface area contributed by atoms with E-state index in [2.05, 4.69) is 4.98 Å². The second-order valence-electron chi connectivity index (χ2n) is 5.74. The highest BCUT2D eigenvalue weighted by molar-refractivity contribution is 5.39. The van der Waals surface area contributed by atoms with Gasteiger partial charge in [-0.05, 0) is 56.5 Å². The number of ether oxygens (including phenoxy) is 1. The van der Waals surface area contributed by atoms with Crippen LogP contribution in [0.3, 0.4) is 0 Å². The van der Waals surface area contributed by atoms with Gasteiger partial charge in [0.25, 0.3) is 0 Å². The van der Waals surface area contributed by atoms with Gasteiger partial charge in [0.1, 0.15) is 11.6 Å². The Balaban J connectivity index is 2.40. The lowest BCUT2D eigenvalue weighted by atomic mass is 9.86. The molecule has 0 spiro atoms. The first kappa shape index (κ1) is 15.4. The predicted molar refractivity (Wildman–Crippen MR) is 81.8 cm³/mol. The van der Waals surface area contributed by atoms with E-state index in [-0.39, 0.29) is 11.9 Å². The maximum atomic E-state index is 13.8. The lowest BCUT2D eigenvalue weighted by Crippen LogP contribution is -2.34. The van der Waals surface area contributed by atoms with Gasteiger partial charge in [0.2, 0.25) is 0 Å². The predicted octanol–water partition coefficient (Wildman–Crippen LogP) is 3.54. The molecule has 2 N–H and O–H groups in total. The van der Waals surface area contributed by atoms with Crippen LogP contribution in [0.15, 0.2) is 36.7 Å². The molecule has 0 saturated heterocycles. The Kier molecular flexibility index (Phi) is 4.28. The molecule has 3 nitrogen and oxygen atoms in total. The van der Waals surface area contributed by atoms with Crippen LogP contribution in [0.2, 0.25) is 0 Å². The van der Waals surface area contributed by atoms with Crippen LogP contribution in [0.5, 0.6) is 5.75 Å². The van der Waals surface area contributed by atoms with E-state index in [0.29, 0.717) is 16.9 Å². The van der Waals surface area contributed by atoms with Gasteiger partial charge >= 0.3 is 0 Å². The van der Waals surface area contributed by atoms with E-state index in [4.69, 9.17) is 10.5 Å². The smallest absolute Gasteiger partial charge is 0.138 e. The van der Waals surface area contributed by atoms with Gasteiger partial charge < -0.3 is 10.5 Å². The Morgan fingerprint density at radius 3 is 2.52 bits per heavy atom. The standard InChI is InChI=1S/C17H21FN2O/c1-11(2)21-15-7-14(9-20-10-15)17(4,19)13-6-5-12(3)16(18)8-13/h5-11H,19H2,1-4H3. The van der Waals surface area contributed by atoms with Gasteiger partial charge in [-0.2, -0.15) is 0 Å². The Morgan fingerprint density at radius 2 is 1.90 bits per heavy atom. The lowest BCUT2D eigenvalue weighted by molar-refractivity contribution is 0.241. The highest BCUT2D eigenvalue weighted by Gasteiger charge is 2.25. The van der Waals surface area contributed by atoms with E-state index in [1.54, 1.807) is 25.4 Å². The summed E-state index contributed by atoms with van der Waals surface area (Å²) in [6.45, 7) is 7.46. The van der Waals surface area contributed by atoms with Crippen LogP contribution in [-0.2, 0) is 5.54 Å². The van der Waals surface area contributed by atoms with Gasteiger partial charge in [0, 0.05) is 6.20 Å². The van der Waals surface area contributed by atoms with E-state index in [0.717, 1.165) is 5.56 Å². The maximum absolute atomic E-state index is 13.8. The third-order valence-electron chi connectivity index (χ3n) is 3.46. The number of pyridine rings is 1. The number of hydrogen-bond donors (Lipinski definition) is 1. The molecule has 1 aromatic carbocycles. The first-order valence-corrected chi connectivity index (χ1v) is 6.98. The van der Waals surface area contributed by atoms with Crippen LogP contribution in [0, 0.1) is 12.7 Å². The Morgan fingerprint density at radius 1 is 1.19 bits per heavy atom. The van der Waals surface area contributed by atoms with Crippen molar-refractivity contribution in [1.82, 2.24) is 4.98 Å². The van der Waals surface area contributed by atoms with E-state index < -0.39 is 5.54 Å². The van der Waals surface area contributed by atoms with E-state index >= 15 is 0 Å². The SMILES string of the molecule is Cc1ccc(C(C)(N)c2cncc(OC(C)C)c2)cc1F. The minimum absolute atomic E-state index is 0.0582. The second kappa shape index (κ2) is 5.82. The fourth-order valence-corrected chi connectivity index (χ4v) is 2.12. The summed E-state index contributed by atoms with van der Waals surface area (Å²) in [4.78, 5) is 4.17. The summed E-state index contributed by atoms with van der Waals surface area (Å²) in [6.07, 6.45) is 3.39. The molecule has 4 heteroatoms. The maximum Gasteiger partial charge on any atom is 0.138 e. The molecule has 0 fully saturated rings. The van der Waals surface area contributed by atoms with Gasteiger partial charge in [0.15, 0.2) is 0 Å². The van der Waals surface area contributed by atoms with E-state index in [1.807, 2.05) is 32.9 Å². The molecule has 0 bridgehead atoms. The number of rotatable bonds is 4. The highest BCUT2D eigenvalue weighted by Crippen LogP contribution is 2.29. The van der Waals surface area contributed by atoms with Crippen molar-refractivity contribution >= 4 is 0 Å². The van der Waals surface area contributed by atoms with Crippen molar-refractivity contribution in [3.8, 4) is 5.75 Å². The average Bonchev–Trinajstić information content (AvgIpc) is 2.41. The molecular formula is C17H21FN2O. The molecule has 0 aliphatic heterocycles. The molecule has 0 radical (unpaired) electrons. The van der Waals surface area contributed by atoms with Gasteiger partial charge in [-0.25, -0.2) is 4.39 Å². The fraction of sp³-hybridized carbons (Fsp3) is 0.353. The minimum Gasteiger partial charge on any atom is -0.489 e. The minimum atomic E-state index is -0.835. The fourth-order valence-electron chi connectivity index (χ4n) is 2.12. The third-order valence-corrected chi connectivity index (χ3v) is 3.46. The monoisotopic (exact) mass is 288 g/mol. The quantitative estimate of drug-likeness (QED) is 0.936. The molecule has 1 atom stereocenters. The van der Waals surface area contributed by atoms with Gasteiger partial charge in [0.05, 0.1) is 17.8 Å². The van der Waals surface area contributed by atoms with Crippen LogP contribution in [0.4, 0.5) is 4.39 Å². The number of aromatic nitrogens is 1. The molecule has 1 aromatic heterocycles. The van der Waals surface area contributed by atoms with Crippen LogP contribution >= 0.6 is 0 Å². The van der Waals surface area contributed by atoms with Crippen molar-refractivity contribution in [2.45, 2.75) is 39.3 Å². The van der Waals surface area contributed by atoms with Gasteiger partial charge in [-0.1, -0.05) is 12.1 Å². The Labute approximate surface area is 125 Å². The lowest BCUT2D eigenvalue weighted by Gasteiger charge is -2.26. The van der Waals surface area contributed by atoms with Crippen LogP contribution in [0.1, 0.15) is 37.5 Å². The van der Waals surface area contributed by atoms with Crippen molar-refractivity contribution in [3.63, 3.8) is 0 Å². The number of aryl methyl sites for hydroxylation is 1. The molecule has 2 aromatic rings. The first-order valence-electron chi connectivity index (χ1n) is 6.98. The van der Waals surface area contributed by atoms with Crippen LogP contribution in [0.25, 0.3) is 0 Å². The third kappa shape index (κ3) is 3.39. The van der Waals surface area contributed by atoms with Crippen molar-refractivity contribution in [2.75, 3.05) is 0 Å². The number of nitrogens with zero attached hydrogens (tertiary/aromatic N) is 1. The molecule has 1 heterocycles. The van der Waals surface area contributed by atoms with Crippen LogP contribution < -0.4 is 10.5 Å². The van der Waals surface area contributed by atoms with Crippen molar-refractivity contribution < 1.29 is 9.13 Å². The van der Waals surface area contributed by atoms with Crippen molar-refractivity contribution in [1.29, 1.82) is 0 Å². The van der Waals surface area contributed by atoms with Crippen LogP contribution in [-0.4, -0.2) is 11.1 Å². The number of benzene rings is 1. The Hall–Kier alpha value is -1.94. The molecule has 1 unspecified atom stereocenters. The normalized spacial score (nSPS) is 14.0. The molecule has 0 aliphatic carbocycles. The largest absolute Gasteiger partial charge is 0.489 e. The first-order chi connectivity index (χ1) is 9.80. The summed E-state index contributed by atoms with van der Waals surface area (Å²) in [7, 11) is 0. The van der Waals surface area contributed by atoms with E-state index in [9.17, 15) is 4.39 Å². The molecule has 21 heavy (non-hydrogen) atoms. The van der Waals surface area contributed by atoms with Crippen molar-refractivity contribution in [3.05, 3.63) is 59.2 Å². The zero-order valence-corrected chi connectivity index (χ0v) is 12.9. The average molecular weight is 288 g/mol. The zero-order chi connectivity index (χ0) is 15.6. The molecule has 0 amide bonds. The molecule has 0 saturated carbocycles. The molecule has 112 valence electrons. The molecular weight excluding hydrogens is 267 g/mol. The summed E-state index contributed by atoms with van der Waals surface area (Å²) in [6, 6.07) is 6.90. The second-order valence-corrected chi connectivity index (χ2v) is 5.74. The zero-order valence-electron chi connectivity index (χ0n) is 12.9. The van der Waals surface area contributed by atoms with Gasteiger partial charge in [-0.3, -0.25) is 4.98 Å². The summed E-state index contributed by atoms with van der Waals surface area (Å²) >= 11 is 0. The summed E-state index contributed by atoms with van der Waals surface area (Å²) in [5, 5.41) is 0. The summed E-state index contributed by atoms with van der Waals surface area (Å²) < 4.78 is 19.4. The number of halogens is 1. The molecule has 0 aliphatic rings. The topological polar surface area (TPSA) is 48.1 Å².